The Kier molecular flexibility index (Phi) is 6.68. The molecule has 6 nitrogen and oxygen atoms in total. The summed E-state index contributed by atoms with van der Waals surface area (Å²) < 4.78 is 12.8. The fourth-order valence-corrected chi connectivity index (χ4v) is 2.94. The van der Waals surface area contributed by atoms with E-state index in [1.54, 1.807) is 13.1 Å². The first kappa shape index (κ1) is 19.5. The van der Waals surface area contributed by atoms with Crippen LogP contribution < -0.4 is 10.2 Å². The Bertz CT molecular complexity index is 945. The van der Waals surface area contributed by atoms with Crippen LogP contribution in [0, 0.1) is 6.92 Å². The number of aryl methyl sites for hydroxylation is 2. The zero-order valence-electron chi connectivity index (χ0n) is 16.2. The van der Waals surface area contributed by atoms with Gasteiger partial charge in [-0.1, -0.05) is 35.9 Å². The molecule has 28 heavy (non-hydrogen) atoms. The number of nitrogens with one attached hydrogen (secondary N) is 1. The quantitative estimate of drug-likeness (QED) is 0.356. The number of amides is 1. The van der Waals surface area contributed by atoms with E-state index in [4.69, 9.17) is 9.47 Å². The molecule has 6 heteroatoms. The second-order valence-electron chi connectivity index (χ2n) is 6.40. The van der Waals surface area contributed by atoms with Crippen LogP contribution in [0.2, 0.25) is 0 Å². The van der Waals surface area contributed by atoms with Crippen LogP contribution in [0.15, 0.2) is 59.8 Å². The third kappa shape index (κ3) is 5.13. The van der Waals surface area contributed by atoms with Crippen LogP contribution in [0.4, 0.5) is 4.79 Å². The second kappa shape index (κ2) is 9.60. The molecule has 3 aromatic rings. The van der Waals surface area contributed by atoms with Gasteiger partial charge in [-0.25, -0.2) is 10.2 Å². The molecule has 0 aliphatic rings. The van der Waals surface area contributed by atoms with Gasteiger partial charge in [0.15, 0.2) is 0 Å². The first-order valence-electron chi connectivity index (χ1n) is 9.40. The lowest BCUT2D eigenvalue weighted by atomic mass is 10.2. The normalized spacial score (nSPS) is 11.1. The summed E-state index contributed by atoms with van der Waals surface area (Å²) in [5.41, 5.74) is 5.64. The van der Waals surface area contributed by atoms with Gasteiger partial charge in [0.05, 0.1) is 19.4 Å². The third-order valence-corrected chi connectivity index (χ3v) is 4.29. The average Bonchev–Trinajstić information content (AvgIpc) is 3.05. The van der Waals surface area contributed by atoms with Crippen molar-refractivity contribution >= 4 is 23.2 Å². The molecule has 0 atom stereocenters. The molecule has 0 unspecified atom stereocenters. The highest BCUT2D eigenvalue weighted by atomic mass is 16.5. The van der Waals surface area contributed by atoms with Crippen molar-refractivity contribution < 1.29 is 14.3 Å². The van der Waals surface area contributed by atoms with Crippen LogP contribution in [0.25, 0.3) is 10.9 Å². The summed E-state index contributed by atoms with van der Waals surface area (Å²) in [6.07, 6.45) is 3.99. The zero-order valence-corrected chi connectivity index (χ0v) is 16.2. The molecule has 146 valence electrons. The first-order chi connectivity index (χ1) is 13.7. The summed E-state index contributed by atoms with van der Waals surface area (Å²) in [5, 5.41) is 5.06. The number of hydrogen-bond acceptors (Lipinski definition) is 4. The van der Waals surface area contributed by atoms with Crippen LogP contribution in [-0.4, -0.2) is 30.1 Å². The molecule has 0 fully saturated rings. The standard InChI is InChI=1S/C22H25N3O3/c1-3-27-22(26)24-23-15-18-16-25(21-8-5-4-7-20(18)21)13-6-14-28-19-11-9-17(2)10-12-19/h4-5,7-12,15-16H,3,6,13-14H2,1-2H3,(H,24,26). The molecular formula is C22H25N3O3. The van der Waals surface area contributed by atoms with Gasteiger partial charge >= 0.3 is 6.09 Å². The largest absolute Gasteiger partial charge is 0.494 e. The van der Waals surface area contributed by atoms with Gasteiger partial charge in [0, 0.05) is 29.2 Å². The number of para-hydroxylation sites is 1. The summed E-state index contributed by atoms with van der Waals surface area (Å²) in [7, 11) is 0. The van der Waals surface area contributed by atoms with E-state index in [1.807, 2.05) is 48.7 Å². The number of aromatic nitrogens is 1. The number of hydrazone groups is 1. The highest BCUT2D eigenvalue weighted by molar-refractivity contribution is 5.99. The van der Waals surface area contributed by atoms with Crippen LogP contribution in [-0.2, 0) is 11.3 Å². The lowest BCUT2D eigenvalue weighted by molar-refractivity contribution is 0.152. The van der Waals surface area contributed by atoms with Crippen molar-refractivity contribution in [2.24, 2.45) is 5.10 Å². The maximum Gasteiger partial charge on any atom is 0.427 e. The molecule has 0 saturated carbocycles. The number of hydrogen-bond donors (Lipinski definition) is 1. The van der Waals surface area contributed by atoms with E-state index in [0.717, 1.165) is 35.2 Å². The Morgan fingerprint density at radius 3 is 2.75 bits per heavy atom. The molecule has 2 aromatic carbocycles. The molecule has 0 spiro atoms. The van der Waals surface area contributed by atoms with Crippen molar-refractivity contribution in [1.29, 1.82) is 0 Å². The van der Waals surface area contributed by atoms with Gasteiger partial charge in [-0.05, 0) is 38.5 Å². The van der Waals surface area contributed by atoms with E-state index in [1.165, 1.54) is 5.56 Å². The van der Waals surface area contributed by atoms with Crippen molar-refractivity contribution in [1.82, 2.24) is 9.99 Å². The van der Waals surface area contributed by atoms with Crippen molar-refractivity contribution in [3.63, 3.8) is 0 Å². The van der Waals surface area contributed by atoms with Gasteiger partial charge in [-0.3, -0.25) is 0 Å². The minimum Gasteiger partial charge on any atom is -0.494 e. The van der Waals surface area contributed by atoms with E-state index in [-0.39, 0.29) is 0 Å². The zero-order chi connectivity index (χ0) is 19.8. The van der Waals surface area contributed by atoms with Crippen molar-refractivity contribution in [2.45, 2.75) is 26.8 Å². The van der Waals surface area contributed by atoms with E-state index in [0.29, 0.717) is 13.2 Å². The Morgan fingerprint density at radius 2 is 1.96 bits per heavy atom. The molecule has 0 aliphatic heterocycles. The Balaban J connectivity index is 1.62. The molecule has 1 aromatic heterocycles. The van der Waals surface area contributed by atoms with Crippen LogP contribution >= 0.6 is 0 Å². The SMILES string of the molecule is CCOC(=O)NN=Cc1cn(CCCOc2ccc(C)cc2)c2ccccc12. The summed E-state index contributed by atoms with van der Waals surface area (Å²) in [4.78, 5) is 11.3. The van der Waals surface area contributed by atoms with Crippen molar-refractivity contribution in [2.75, 3.05) is 13.2 Å². The summed E-state index contributed by atoms with van der Waals surface area (Å²) in [6.45, 7) is 5.59. The highest BCUT2D eigenvalue weighted by Gasteiger charge is 2.07. The first-order valence-corrected chi connectivity index (χ1v) is 9.40. The lowest BCUT2D eigenvalue weighted by Gasteiger charge is -2.08. The maximum absolute atomic E-state index is 11.3. The molecule has 1 amide bonds. The van der Waals surface area contributed by atoms with Gasteiger partial charge in [-0.2, -0.15) is 5.10 Å². The maximum atomic E-state index is 11.3. The summed E-state index contributed by atoms with van der Waals surface area (Å²) in [5.74, 6) is 0.890. The summed E-state index contributed by atoms with van der Waals surface area (Å²) >= 11 is 0. The highest BCUT2D eigenvalue weighted by Crippen LogP contribution is 2.20. The van der Waals surface area contributed by atoms with Gasteiger partial charge in [0.25, 0.3) is 0 Å². The topological polar surface area (TPSA) is 64.8 Å². The lowest BCUT2D eigenvalue weighted by Crippen LogP contribution is -2.18. The Morgan fingerprint density at radius 1 is 1.18 bits per heavy atom. The number of rotatable bonds is 8. The van der Waals surface area contributed by atoms with Gasteiger partial charge in [-0.15, -0.1) is 0 Å². The molecule has 0 saturated heterocycles. The fraction of sp³-hybridized carbons (Fsp3) is 0.273. The molecule has 3 rings (SSSR count). The Labute approximate surface area is 164 Å². The van der Waals surface area contributed by atoms with Crippen LogP contribution in [0.5, 0.6) is 5.75 Å². The van der Waals surface area contributed by atoms with Gasteiger partial charge in [0.2, 0.25) is 0 Å². The molecule has 0 aliphatic carbocycles. The third-order valence-electron chi connectivity index (χ3n) is 4.29. The molecule has 1 N–H and O–H groups in total. The average molecular weight is 379 g/mol. The van der Waals surface area contributed by atoms with Gasteiger partial charge in [0.1, 0.15) is 5.75 Å². The van der Waals surface area contributed by atoms with Gasteiger partial charge < -0.3 is 14.0 Å². The van der Waals surface area contributed by atoms with E-state index >= 15 is 0 Å². The molecule has 1 heterocycles. The predicted molar refractivity (Wildman–Crippen MR) is 111 cm³/mol. The number of ether oxygens (including phenoxy) is 2. The number of carbonyl (C=O) groups excluding carboxylic acids is 1. The van der Waals surface area contributed by atoms with E-state index < -0.39 is 6.09 Å². The fourth-order valence-electron chi connectivity index (χ4n) is 2.94. The number of benzene rings is 2. The predicted octanol–water partition coefficient (Wildman–Crippen LogP) is 4.50. The van der Waals surface area contributed by atoms with Crippen molar-refractivity contribution in [3.05, 3.63) is 65.9 Å². The van der Waals surface area contributed by atoms with Crippen LogP contribution in [0.1, 0.15) is 24.5 Å². The number of carbonyl (C=O) groups is 1. The van der Waals surface area contributed by atoms with Crippen molar-refractivity contribution in [3.8, 4) is 5.75 Å². The molecular weight excluding hydrogens is 354 g/mol. The molecule has 0 bridgehead atoms. The van der Waals surface area contributed by atoms with E-state index in [9.17, 15) is 4.79 Å². The minimum absolute atomic E-state index is 0.311. The minimum atomic E-state index is -0.559. The van der Waals surface area contributed by atoms with Crippen LogP contribution in [0.3, 0.4) is 0 Å². The smallest absolute Gasteiger partial charge is 0.427 e. The monoisotopic (exact) mass is 379 g/mol. The van der Waals surface area contributed by atoms with E-state index in [2.05, 4.69) is 28.1 Å². The Hall–Kier alpha value is -3.28. The summed E-state index contributed by atoms with van der Waals surface area (Å²) in [6, 6.07) is 16.2. The molecule has 0 radical (unpaired) electrons. The number of fused-ring (bicyclic) bond motifs is 1. The number of nitrogens with zero attached hydrogens (tertiary/aromatic N) is 2. The second-order valence-corrected chi connectivity index (χ2v) is 6.40.